The van der Waals surface area contributed by atoms with Gasteiger partial charge in [-0.1, -0.05) is 49.9 Å². The zero-order chi connectivity index (χ0) is 20.1. The van der Waals surface area contributed by atoms with Crippen molar-refractivity contribution < 1.29 is 14.9 Å². The lowest BCUT2D eigenvalue weighted by Crippen LogP contribution is -2.20. The van der Waals surface area contributed by atoms with Gasteiger partial charge in [0.1, 0.15) is 5.75 Å². The predicted molar refractivity (Wildman–Crippen MR) is 114 cm³/mol. The molecule has 0 aliphatic rings. The highest BCUT2D eigenvalue weighted by Gasteiger charge is 2.14. The van der Waals surface area contributed by atoms with Gasteiger partial charge >= 0.3 is 0 Å². The molecule has 1 heterocycles. The number of benzene rings is 2. The Kier molecular flexibility index (Phi) is 6.99. The fourth-order valence-electron chi connectivity index (χ4n) is 3.14. The summed E-state index contributed by atoms with van der Waals surface area (Å²) in [4.78, 5) is 4.68. The van der Waals surface area contributed by atoms with Crippen LogP contribution in [-0.4, -0.2) is 44.8 Å². The number of thioether (sulfide) groups is 1. The quantitative estimate of drug-likeness (QED) is 0.420. The number of nitrogens with zero attached hydrogens (tertiary/aromatic N) is 2. The van der Waals surface area contributed by atoms with E-state index in [-0.39, 0.29) is 6.61 Å². The monoisotopic (exact) mass is 400 g/mol. The molecule has 3 rings (SSSR count). The van der Waals surface area contributed by atoms with E-state index in [4.69, 9.17) is 4.74 Å². The van der Waals surface area contributed by atoms with Crippen LogP contribution in [0.2, 0.25) is 0 Å². The number of ether oxygens (including phenoxy) is 1. The molecule has 28 heavy (non-hydrogen) atoms. The van der Waals surface area contributed by atoms with Crippen molar-refractivity contribution in [1.29, 1.82) is 0 Å². The van der Waals surface area contributed by atoms with Gasteiger partial charge in [0.25, 0.3) is 0 Å². The van der Waals surface area contributed by atoms with E-state index in [0.717, 1.165) is 27.7 Å². The van der Waals surface area contributed by atoms with Crippen LogP contribution in [0, 0.1) is 6.92 Å². The van der Waals surface area contributed by atoms with Crippen molar-refractivity contribution in [2.24, 2.45) is 0 Å². The number of rotatable bonds is 9. The van der Waals surface area contributed by atoms with Gasteiger partial charge in [-0.25, -0.2) is 4.98 Å². The standard InChI is InChI=1S/C22H28N2O3S/c1-15(2)18-9-8-16(3)12-21(18)27-10-11-28-22-23-19-6-4-5-7-20(19)24(22)13-17(26)14-25/h4-9,12,15,17,25-26H,10-11,13-14H2,1-3H3/t17-/m1/s1. The van der Waals surface area contributed by atoms with E-state index in [1.54, 1.807) is 11.8 Å². The average molecular weight is 401 g/mol. The molecule has 0 unspecified atom stereocenters. The number of para-hydroxylation sites is 2. The van der Waals surface area contributed by atoms with Gasteiger partial charge in [-0.05, 0) is 42.2 Å². The number of aryl methyl sites for hydroxylation is 1. The minimum absolute atomic E-state index is 0.273. The first-order valence-corrected chi connectivity index (χ1v) is 10.6. The second-order valence-corrected chi connectivity index (χ2v) is 8.29. The summed E-state index contributed by atoms with van der Waals surface area (Å²) in [6.45, 7) is 7.02. The molecule has 1 aromatic heterocycles. The fourth-order valence-corrected chi connectivity index (χ4v) is 3.98. The molecule has 0 saturated heterocycles. The molecule has 0 amide bonds. The van der Waals surface area contributed by atoms with E-state index < -0.39 is 6.10 Å². The first-order chi connectivity index (χ1) is 13.5. The fraction of sp³-hybridized carbons (Fsp3) is 0.409. The molecule has 0 radical (unpaired) electrons. The van der Waals surface area contributed by atoms with Crippen molar-refractivity contribution in [1.82, 2.24) is 9.55 Å². The third-order valence-corrected chi connectivity index (χ3v) is 5.53. The number of hydrogen-bond donors (Lipinski definition) is 2. The van der Waals surface area contributed by atoms with E-state index in [9.17, 15) is 10.2 Å². The summed E-state index contributed by atoms with van der Waals surface area (Å²) in [6, 6.07) is 14.2. The van der Waals surface area contributed by atoms with Crippen molar-refractivity contribution in [3.63, 3.8) is 0 Å². The number of aliphatic hydroxyl groups excluding tert-OH is 2. The highest BCUT2D eigenvalue weighted by Crippen LogP contribution is 2.28. The molecule has 3 aromatic rings. The molecule has 0 saturated carbocycles. The molecule has 0 aliphatic carbocycles. The van der Waals surface area contributed by atoms with E-state index in [1.807, 2.05) is 28.8 Å². The maximum absolute atomic E-state index is 9.91. The van der Waals surface area contributed by atoms with Crippen molar-refractivity contribution in [3.8, 4) is 5.75 Å². The molecular formula is C22H28N2O3S. The van der Waals surface area contributed by atoms with Crippen molar-refractivity contribution >= 4 is 22.8 Å². The first kappa shape index (κ1) is 20.7. The van der Waals surface area contributed by atoms with Gasteiger partial charge in [0, 0.05) is 5.75 Å². The van der Waals surface area contributed by atoms with Crippen LogP contribution in [-0.2, 0) is 6.54 Å². The molecule has 5 nitrogen and oxygen atoms in total. The Bertz CT molecular complexity index is 923. The maximum Gasteiger partial charge on any atom is 0.169 e. The number of imidazole rings is 1. The summed E-state index contributed by atoms with van der Waals surface area (Å²) in [5, 5.41) is 20.0. The number of hydrogen-bond acceptors (Lipinski definition) is 5. The van der Waals surface area contributed by atoms with Crippen LogP contribution in [0.5, 0.6) is 5.75 Å². The first-order valence-electron chi connectivity index (χ1n) is 9.60. The molecule has 2 N–H and O–H groups in total. The van der Waals surface area contributed by atoms with Gasteiger partial charge in [0.2, 0.25) is 0 Å². The summed E-state index contributed by atoms with van der Waals surface area (Å²) in [5.74, 6) is 2.09. The second kappa shape index (κ2) is 9.45. The molecule has 0 spiro atoms. The maximum atomic E-state index is 9.91. The Labute approximate surface area is 170 Å². The Balaban J connectivity index is 1.69. The average Bonchev–Trinajstić information content (AvgIpc) is 3.02. The molecule has 0 fully saturated rings. The van der Waals surface area contributed by atoms with Crippen LogP contribution in [0.15, 0.2) is 47.6 Å². The Hall–Kier alpha value is -2.02. The number of fused-ring (bicyclic) bond motifs is 1. The third kappa shape index (κ3) is 4.87. The molecule has 6 heteroatoms. The van der Waals surface area contributed by atoms with Crippen LogP contribution >= 0.6 is 11.8 Å². The van der Waals surface area contributed by atoms with E-state index >= 15 is 0 Å². The minimum atomic E-state index is -0.811. The van der Waals surface area contributed by atoms with Crippen LogP contribution in [0.4, 0.5) is 0 Å². The van der Waals surface area contributed by atoms with Gasteiger partial charge < -0.3 is 19.5 Å². The largest absolute Gasteiger partial charge is 0.492 e. The van der Waals surface area contributed by atoms with Gasteiger partial charge in [0.05, 0.1) is 36.9 Å². The second-order valence-electron chi connectivity index (χ2n) is 7.22. The lowest BCUT2D eigenvalue weighted by atomic mass is 10.0. The van der Waals surface area contributed by atoms with Crippen molar-refractivity contribution in [2.75, 3.05) is 19.0 Å². The van der Waals surface area contributed by atoms with Crippen LogP contribution in [0.25, 0.3) is 11.0 Å². The van der Waals surface area contributed by atoms with Crippen molar-refractivity contribution in [3.05, 3.63) is 53.6 Å². The van der Waals surface area contributed by atoms with Gasteiger partial charge in [0.15, 0.2) is 5.16 Å². The molecule has 0 bridgehead atoms. The van der Waals surface area contributed by atoms with Gasteiger partial charge in [-0.3, -0.25) is 0 Å². The summed E-state index contributed by atoms with van der Waals surface area (Å²) >= 11 is 1.60. The minimum Gasteiger partial charge on any atom is -0.492 e. The highest BCUT2D eigenvalue weighted by molar-refractivity contribution is 7.99. The summed E-state index contributed by atoms with van der Waals surface area (Å²) in [5.41, 5.74) is 4.25. The Morgan fingerprint density at radius 2 is 1.96 bits per heavy atom. The normalized spacial score (nSPS) is 12.6. The highest BCUT2D eigenvalue weighted by atomic mass is 32.2. The van der Waals surface area contributed by atoms with Gasteiger partial charge in [-0.2, -0.15) is 0 Å². The van der Waals surface area contributed by atoms with Crippen LogP contribution in [0.3, 0.4) is 0 Å². The molecule has 0 aliphatic heterocycles. The molecule has 150 valence electrons. The SMILES string of the molecule is Cc1ccc(C(C)C)c(OCCSc2nc3ccccc3n2C[C@@H](O)CO)c1. The topological polar surface area (TPSA) is 67.5 Å². The predicted octanol–water partition coefficient (Wildman–Crippen LogP) is 3.99. The van der Waals surface area contributed by atoms with Gasteiger partial charge in [-0.15, -0.1) is 0 Å². The number of aliphatic hydroxyl groups is 2. The zero-order valence-corrected chi connectivity index (χ0v) is 17.4. The lowest BCUT2D eigenvalue weighted by molar-refractivity contribution is 0.0802. The Morgan fingerprint density at radius 1 is 1.18 bits per heavy atom. The number of aromatic nitrogens is 2. The summed E-state index contributed by atoms with van der Waals surface area (Å²) < 4.78 is 8.04. The van der Waals surface area contributed by atoms with Crippen molar-refractivity contribution in [2.45, 2.75) is 44.5 Å². The smallest absolute Gasteiger partial charge is 0.169 e. The molecule has 2 aromatic carbocycles. The Morgan fingerprint density at radius 3 is 2.71 bits per heavy atom. The summed E-state index contributed by atoms with van der Waals surface area (Å²) in [6.07, 6.45) is -0.811. The third-order valence-electron chi connectivity index (χ3n) is 4.59. The molecule has 1 atom stereocenters. The van der Waals surface area contributed by atoms with E-state index in [0.29, 0.717) is 19.1 Å². The van der Waals surface area contributed by atoms with Crippen LogP contribution < -0.4 is 4.74 Å². The zero-order valence-electron chi connectivity index (χ0n) is 16.6. The van der Waals surface area contributed by atoms with E-state index in [1.165, 1.54) is 11.1 Å². The summed E-state index contributed by atoms with van der Waals surface area (Å²) in [7, 11) is 0. The molecular weight excluding hydrogens is 372 g/mol. The lowest BCUT2D eigenvalue weighted by Gasteiger charge is -2.15. The van der Waals surface area contributed by atoms with Crippen LogP contribution in [0.1, 0.15) is 30.9 Å². The van der Waals surface area contributed by atoms with E-state index in [2.05, 4.69) is 44.0 Å².